The molecule has 22 heavy (non-hydrogen) atoms. The van der Waals surface area contributed by atoms with Crippen LogP contribution in [0.25, 0.3) is 0 Å². The Labute approximate surface area is 130 Å². The Bertz CT molecular complexity index is 558. The number of benzene rings is 1. The summed E-state index contributed by atoms with van der Waals surface area (Å²) in [4.78, 5) is 14.6. The van der Waals surface area contributed by atoms with E-state index in [4.69, 9.17) is 0 Å². The van der Waals surface area contributed by atoms with Crippen LogP contribution in [0.1, 0.15) is 18.4 Å². The highest BCUT2D eigenvalue weighted by Gasteiger charge is 2.57. The molecule has 0 radical (unpaired) electrons. The Balaban J connectivity index is 1.29. The molecule has 4 heteroatoms. The lowest BCUT2D eigenvalue weighted by atomic mass is 9.90. The predicted octanol–water partition coefficient (Wildman–Crippen LogP) is 2.07. The number of nitrogens with one attached hydrogen (secondary N) is 1. The number of carbonyl (C=O) groups is 1. The van der Waals surface area contributed by atoms with Crippen LogP contribution in [0.4, 0.5) is 4.39 Å². The first-order valence-corrected chi connectivity index (χ1v) is 8.47. The van der Waals surface area contributed by atoms with Gasteiger partial charge in [-0.3, -0.25) is 4.79 Å². The Morgan fingerprint density at radius 1 is 1.18 bits per heavy atom. The molecule has 2 heterocycles. The van der Waals surface area contributed by atoms with E-state index in [-0.39, 0.29) is 5.82 Å². The molecular weight excluding hydrogens is 279 g/mol. The highest BCUT2D eigenvalue weighted by Crippen LogP contribution is 2.49. The van der Waals surface area contributed by atoms with Gasteiger partial charge in [0.05, 0.1) is 0 Å². The number of carbonyl (C=O) groups excluding carboxylic acids is 1. The summed E-state index contributed by atoms with van der Waals surface area (Å²) in [5.74, 6) is 2.28. The summed E-state index contributed by atoms with van der Waals surface area (Å²) in [6, 6.07) is 7.05. The normalized spacial score (nSPS) is 31.1. The van der Waals surface area contributed by atoms with Crippen molar-refractivity contribution < 1.29 is 9.18 Å². The molecule has 1 aromatic carbocycles. The monoisotopic (exact) mass is 302 g/mol. The summed E-state index contributed by atoms with van der Waals surface area (Å²) in [6.07, 6.45) is 2.80. The zero-order valence-corrected chi connectivity index (χ0v) is 12.8. The van der Waals surface area contributed by atoms with Gasteiger partial charge in [-0.1, -0.05) is 18.2 Å². The van der Waals surface area contributed by atoms with Crippen LogP contribution in [0.2, 0.25) is 0 Å². The standard InChI is InChI=1S/C18H23FN2O/c19-16-4-2-1-3-13(16)9-12-5-7-21(8-6-12)18(22)17-14-10-20-11-15(14)17/h1-4,12,14-15,17,20H,5-11H2/t14-,15+,17?. The molecule has 1 amide bonds. The average molecular weight is 302 g/mol. The third-order valence-electron chi connectivity index (χ3n) is 5.77. The first-order valence-electron chi connectivity index (χ1n) is 8.47. The van der Waals surface area contributed by atoms with Gasteiger partial charge in [-0.25, -0.2) is 4.39 Å². The maximum atomic E-state index is 13.7. The van der Waals surface area contributed by atoms with Crippen molar-refractivity contribution in [2.75, 3.05) is 26.2 Å². The lowest BCUT2D eigenvalue weighted by Gasteiger charge is -2.32. The molecule has 118 valence electrons. The summed E-state index contributed by atoms with van der Waals surface area (Å²) in [5.41, 5.74) is 0.815. The highest BCUT2D eigenvalue weighted by atomic mass is 19.1. The molecule has 3 atom stereocenters. The van der Waals surface area contributed by atoms with Gasteiger partial charge in [0.1, 0.15) is 5.82 Å². The SMILES string of the molecule is O=C(C1[C@H]2CNC[C@@H]12)N1CCC(Cc2ccccc2F)CC1. The van der Waals surface area contributed by atoms with Crippen LogP contribution < -0.4 is 5.32 Å². The molecule has 2 saturated heterocycles. The highest BCUT2D eigenvalue weighted by molar-refractivity contribution is 5.82. The van der Waals surface area contributed by atoms with E-state index < -0.39 is 0 Å². The van der Waals surface area contributed by atoms with Crippen LogP contribution in [0.15, 0.2) is 24.3 Å². The fourth-order valence-corrected chi connectivity index (χ4v) is 4.33. The lowest BCUT2D eigenvalue weighted by Crippen LogP contribution is -2.41. The zero-order valence-electron chi connectivity index (χ0n) is 12.8. The molecule has 1 saturated carbocycles. The smallest absolute Gasteiger partial charge is 0.226 e. The molecule has 1 aliphatic carbocycles. The predicted molar refractivity (Wildman–Crippen MR) is 82.7 cm³/mol. The number of rotatable bonds is 3. The number of likely N-dealkylation sites (tertiary alicyclic amines) is 1. The van der Waals surface area contributed by atoms with Gasteiger partial charge < -0.3 is 10.2 Å². The minimum atomic E-state index is -0.0979. The van der Waals surface area contributed by atoms with Gasteiger partial charge in [0.2, 0.25) is 5.91 Å². The Hall–Kier alpha value is -1.42. The summed E-state index contributed by atoms with van der Waals surface area (Å²) < 4.78 is 13.7. The number of amides is 1. The van der Waals surface area contributed by atoms with Crippen LogP contribution >= 0.6 is 0 Å². The number of piperidine rings is 2. The maximum absolute atomic E-state index is 13.7. The maximum Gasteiger partial charge on any atom is 0.226 e. The molecule has 3 nitrogen and oxygen atoms in total. The van der Waals surface area contributed by atoms with Crippen molar-refractivity contribution in [3.63, 3.8) is 0 Å². The van der Waals surface area contributed by atoms with E-state index in [0.717, 1.165) is 51.0 Å². The van der Waals surface area contributed by atoms with Crippen molar-refractivity contribution in [1.29, 1.82) is 0 Å². The van der Waals surface area contributed by atoms with Gasteiger partial charge in [0.15, 0.2) is 0 Å². The quantitative estimate of drug-likeness (QED) is 0.927. The van der Waals surface area contributed by atoms with Crippen LogP contribution in [-0.2, 0) is 11.2 Å². The Morgan fingerprint density at radius 3 is 2.55 bits per heavy atom. The molecular formula is C18H23FN2O. The second kappa shape index (κ2) is 5.65. The average Bonchev–Trinajstić information content (AvgIpc) is 3.01. The van der Waals surface area contributed by atoms with E-state index in [0.29, 0.717) is 29.6 Å². The molecule has 2 aliphatic heterocycles. The molecule has 1 aromatic rings. The number of hydrogen-bond acceptors (Lipinski definition) is 2. The number of nitrogens with zero attached hydrogens (tertiary/aromatic N) is 1. The van der Waals surface area contributed by atoms with Crippen molar-refractivity contribution in [3.05, 3.63) is 35.6 Å². The molecule has 0 bridgehead atoms. The summed E-state index contributed by atoms with van der Waals surface area (Å²) in [5, 5.41) is 3.34. The molecule has 1 unspecified atom stereocenters. The molecule has 0 aromatic heterocycles. The summed E-state index contributed by atoms with van der Waals surface area (Å²) in [6.45, 7) is 3.73. The number of fused-ring (bicyclic) bond motifs is 1. The Morgan fingerprint density at radius 2 is 1.86 bits per heavy atom. The van der Waals surface area contributed by atoms with Gasteiger partial charge in [0.25, 0.3) is 0 Å². The molecule has 3 fully saturated rings. The van der Waals surface area contributed by atoms with Crippen LogP contribution in [0.5, 0.6) is 0 Å². The first kappa shape index (κ1) is 14.2. The van der Waals surface area contributed by atoms with E-state index in [1.807, 2.05) is 12.1 Å². The molecule has 0 spiro atoms. The van der Waals surface area contributed by atoms with E-state index in [9.17, 15) is 9.18 Å². The van der Waals surface area contributed by atoms with Crippen LogP contribution in [0, 0.1) is 29.5 Å². The van der Waals surface area contributed by atoms with Crippen molar-refractivity contribution in [2.45, 2.75) is 19.3 Å². The fourth-order valence-electron chi connectivity index (χ4n) is 4.33. The van der Waals surface area contributed by atoms with E-state index in [1.165, 1.54) is 6.07 Å². The second-order valence-electron chi connectivity index (χ2n) is 7.08. The van der Waals surface area contributed by atoms with Crippen LogP contribution in [0.3, 0.4) is 0 Å². The molecule has 4 rings (SSSR count). The van der Waals surface area contributed by atoms with Gasteiger partial charge in [-0.05, 0) is 61.7 Å². The fraction of sp³-hybridized carbons (Fsp3) is 0.611. The van der Waals surface area contributed by atoms with Crippen LogP contribution in [-0.4, -0.2) is 37.0 Å². The van der Waals surface area contributed by atoms with Crippen molar-refractivity contribution >= 4 is 5.91 Å². The lowest BCUT2D eigenvalue weighted by molar-refractivity contribution is -0.134. The van der Waals surface area contributed by atoms with Crippen molar-refractivity contribution in [1.82, 2.24) is 10.2 Å². The summed E-state index contributed by atoms with van der Waals surface area (Å²) in [7, 11) is 0. The topological polar surface area (TPSA) is 32.3 Å². The van der Waals surface area contributed by atoms with Crippen molar-refractivity contribution in [3.8, 4) is 0 Å². The number of halogens is 1. The minimum Gasteiger partial charge on any atom is -0.342 e. The third-order valence-corrected chi connectivity index (χ3v) is 5.77. The van der Waals surface area contributed by atoms with Gasteiger partial charge in [0, 0.05) is 19.0 Å². The van der Waals surface area contributed by atoms with Gasteiger partial charge >= 0.3 is 0 Å². The van der Waals surface area contributed by atoms with Gasteiger partial charge in [-0.15, -0.1) is 0 Å². The number of hydrogen-bond donors (Lipinski definition) is 1. The van der Waals surface area contributed by atoms with Crippen molar-refractivity contribution in [2.24, 2.45) is 23.7 Å². The van der Waals surface area contributed by atoms with E-state index >= 15 is 0 Å². The molecule has 1 N–H and O–H groups in total. The summed E-state index contributed by atoms with van der Waals surface area (Å²) >= 11 is 0. The minimum absolute atomic E-state index is 0.0979. The Kier molecular flexibility index (Phi) is 3.65. The van der Waals surface area contributed by atoms with Gasteiger partial charge in [-0.2, -0.15) is 0 Å². The third kappa shape index (κ3) is 2.54. The second-order valence-corrected chi connectivity index (χ2v) is 7.08. The van der Waals surface area contributed by atoms with E-state index in [1.54, 1.807) is 6.07 Å². The van der Waals surface area contributed by atoms with E-state index in [2.05, 4.69) is 10.2 Å². The first-order chi connectivity index (χ1) is 10.7. The zero-order chi connectivity index (χ0) is 15.1. The largest absolute Gasteiger partial charge is 0.342 e. The molecule has 3 aliphatic rings.